The highest BCUT2D eigenvalue weighted by atomic mass is 16.6. The lowest BCUT2D eigenvalue weighted by atomic mass is 10.1. The molecule has 1 N–H and O–H groups in total. The Kier molecular flexibility index (Phi) is 4.14. The standard InChI is InChI=1S/C23H16N4O3/c28-23(16-5-8-21(22(13-16)27(29)30)26-10-9-24-14-26)25-18-6-7-20-17(12-18)11-15-3-1-2-4-19(15)20/h1-10,12-14H,11H2,(H,25,28). The maximum absolute atomic E-state index is 12.8. The van der Waals surface area contributed by atoms with Gasteiger partial charge in [0, 0.05) is 29.7 Å². The van der Waals surface area contributed by atoms with Gasteiger partial charge >= 0.3 is 0 Å². The van der Waals surface area contributed by atoms with Crippen molar-refractivity contribution in [1.29, 1.82) is 0 Å². The van der Waals surface area contributed by atoms with Crippen LogP contribution in [-0.4, -0.2) is 20.4 Å². The van der Waals surface area contributed by atoms with Gasteiger partial charge in [-0.05, 0) is 52.9 Å². The van der Waals surface area contributed by atoms with Crippen LogP contribution >= 0.6 is 0 Å². The molecule has 4 aromatic rings. The zero-order chi connectivity index (χ0) is 20.7. The average Bonchev–Trinajstić information content (AvgIpc) is 3.41. The molecule has 0 spiro atoms. The van der Waals surface area contributed by atoms with E-state index in [2.05, 4.69) is 22.4 Å². The smallest absolute Gasteiger partial charge is 0.294 e. The predicted molar refractivity (Wildman–Crippen MR) is 113 cm³/mol. The van der Waals surface area contributed by atoms with Crippen molar-refractivity contribution in [2.24, 2.45) is 0 Å². The second kappa shape index (κ2) is 6.97. The number of aromatic nitrogens is 2. The first kappa shape index (κ1) is 17.8. The highest BCUT2D eigenvalue weighted by molar-refractivity contribution is 6.05. The van der Waals surface area contributed by atoms with Crippen LogP contribution in [0.4, 0.5) is 11.4 Å². The predicted octanol–water partition coefficient (Wildman–Crippen LogP) is 4.60. The molecule has 0 fully saturated rings. The largest absolute Gasteiger partial charge is 0.322 e. The van der Waals surface area contributed by atoms with E-state index in [4.69, 9.17) is 0 Å². The van der Waals surface area contributed by atoms with Gasteiger partial charge < -0.3 is 9.88 Å². The fourth-order valence-corrected chi connectivity index (χ4v) is 3.86. The fraction of sp³-hybridized carbons (Fsp3) is 0.0435. The van der Waals surface area contributed by atoms with Crippen LogP contribution in [0.2, 0.25) is 0 Å². The molecule has 3 aromatic carbocycles. The first-order chi connectivity index (χ1) is 14.6. The third kappa shape index (κ3) is 3.02. The lowest BCUT2D eigenvalue weighted by Gasteiger charge is -2.09. The molecule has 1 aliphatic rings. The van der Waals surface area contributed by atoms with Crippen LogP contribution in [0.5, 0.6) is 0 Å². The summed E-state index contributed by atoms with van der Waals surface area (Å²) in [5.41, 5.74) is 5.87. The molecule has 0 atom stereocenters. The van der Waals surface area contributed by atoms with E-state index in [1.165, 1.54) is 39.8 Å². The number of carbonyl (C=O) groups excluding carboxylic acids is 1. The van der Waals surface area contributed by atoms with E-state index in [0.717, 1.165) is 12.0 Å². The third-order valence-electron chi connectivity index (χ3n) is 5.27. The first-order valence-electron chi connectivity index (χ1n) is 9.39. The van der Waals surface area contributed by atoms with E-state index in [1.807, 2.05) is 30.3 Å². The molecule has 0 bridgehead atoms. The average molecular weight is 396 g/mol. The van der Waals surface area contributed by atoms with Crippen molar-refractivity contribution < 1.29 is 9.72 Å². The van der Waals surface area contributed by atoms with Gasteiger partial charge in [-0.15, -0.1) is 0 Å². The lowest BCUT2D eigenvalue weighted by molar-refractivity contribution is -0.384. The molecule has 7 nitrogen and oxygen atoms in total. The summed E-state index contributed by atoms with van der Waals surface area (Å²) in [4.78, 5) is 27.7. The summed E-state index contributed by atoms with van der Waals surface area (Å²) >= 11 is 0. The van der Waals surface area contributed by atoms with Gasteiger partial charge in [0.05, 0.1) is 11.3 Å². The van der Waals surface area contributed by atoms with Crippen molar-refractivity contribution in [3.63, 3.8) is 0 Å². The number of imidazole rings is 1. The molecule has 0 radical (unpaired) electrons. The second-order valence-corrected chi connectivity index (χ2v) is 7.09. The molecule has 1 aromatic heterocycles. The van der Waals surface area contributed by atoms with E-state index in [9.17, 15) is 14.9 Å². The van der Waals surface area contributed by atoms with Crippen LogP contribution < -0.4 is 5.32 Å². The first-order valence-corrected chi connectivity index (χ1v) is 9.39. The van der Waals surface area contributed by atoms with Crippen molar-refractivity contribution in [3.05, 3.63) is 106 Å². The van der Waals surface area contributed by atoms with Crippen molar-refractivity contribution in [2.75, 3.05) is 5.32 Å². The molecule has 0 saturated carbocycles. The Hall–Kier alpha value is -4.26. The Bertz CT molecular complexity index is 1300. The van der Waals surface area contributed by atoms with Gasteiger partial charge in [-0.1, -0.05) is 30.3 Å². The molecule has 146 valence electrons. The maximum Gasteiger partial charge on any atom is 0.294 e. The monoisotopic (exact) mass is 396 g/mol. The van der Waals surface area contributed by atoms with Crippen LogP contribution in [0.25, 0.3) is 16.8 Å². The number of benzene rings is 3. The molecular formula is C23H16N4O3. The Morgan fingerprint density at radius 3 is 2.67 bits per heavy atom. The zero-order valence-electron chi connectivity index (χ0n) is 15.8. The Morgan fingerprint density at radius 2 is 1.87 bits per heavy atom. The number of nitro benzene ring substituents is 1. The molecule has 1 heterocycles. The molecule has 0 saturated heterocycles. The summed E-state index contributed by atoms with van der Waals surface area (Å²) < 4.78 is 1.54. The van der Waals surface area contributed by atoms with Crippen LogP contribution in [0.15, 0.2) is 79.4 Å². The summed E-state index contributed by atoms with van der Waals surface area (Å²) in [6, 6.07) is 18.5. The Morgan fingerprint density at radius 1 is 1.03 bits per heavy atom. The number of hydrogen-bond acceptors (Lipinski definition) is 4. The molecule has 30 heavy (non-hydrogen) atoms. The van der Waals surface area contributed by atoms with E-state index in [-0.39, 0.29) is 11.3 Å². The second-order valence-electron chi connectivity index (χ2n) is 7.09. The molecule has 1 amide bonds. The molecule has 0 unspecified atom stereocenters. The third-order valence-corrected chi connectivity index (χ3v) is 5.27. The number of nitrogens with zero attached hydrogens (tertiary/aromatic N) is 3. The minimum absolute atomic E-state index is 0.162. The number of nitro groups is 1. The van der Waals surface area contributed by atoms with Crippen LogP contribution in [0, 0.1) is 10.1 Å². The summed E-state index contributed by atoms with van der Waals surface area (Å²) in [6.07, 6.45) is 5.45. The minimum atomic E-state index is -0.501. The minimum Gasteiger partial charge on any atom is -0.322 e. The number of amides is 1. The van der Waals surface area contributed by atoms with Gasteiger partial charge in [0.25, 0.3) is 11.6 Å². The van der Waals surface area contributed by atoms with Gasteiger partial charge in [-0.25, -0.2) is 4.98 Å². The highest BCUT2D eigenvalue weighted by Crippen LogP contribution is 2.37. The maximum atomic E-state index is 12.8. The number of anilines is 1. The van der Waals surface area contributed by atoms with Crippen LogP contribution in [0.1, 0.15) is 21.5 Å². The molecule has 0 aliphatic heterocycles. The number of hydrogen-bond donors (Lipinski definition) is 1. The van der Waals surface area contributed by atoms with Gasteiger partial charge in [0.2, 0.25) is 0 Å². The molecule has 5 rings (SSSR count). The lowest BCUT2D eigenvalue weighted by Crippen LogP contribution is -2.13. The zero-order valence-corrected chi connectivity index (χ0v) is 15.8. The van der Waals surface area contributed by atoms with E-state index >= 15 is 0 Å². The topological polar surface area (TPSA) is 90.1 Å². The SMILES string of the molecule is O=C(Nc1ccc2c(c1)Cc1ccccc1-2)c1ccc(-n2ccnc2)c([N+](=O)[O-])c1. The van der Waals surface area contributed by atoms with Crippen molar-refractivity contribution >= 4 is 17.3 Å². The summed E-state index contributed by atoms with van der Waals surface area (Å²) in [7, 11) is 0. The summed E-state index contributed by atoms with van der Waals surface area (Å²) in [6.45, 7) is 0. The highest BCUT2D eigenvalue weighted by Gasteiger charge is 2.21. The fourth-order valence-electron chi connectivity index (χ4n) is 3.86. The summed E-state index contributed by atoms with van der Waals surface area (Å²) in [5, 5.41) is 14.4. The van der Waals surface area contributed by atoms with Crippen molar-refractivity contribution in [3.8, 4) is 16.8 Å². The number of carbonyl (C=O) groups is 1. The van der Waals surface area contributed by atoms with E-state index in [1.54, 1.807) is 18.3 Å². The molecule has 1 aliphatic carbocycles. The molecular weight excluding hydrogens is 380 g/mol. The van der Waals surface area contributed by atoms with Crippen LogP contribution in [-0.2, 0) is 6.42 Å². The molecule has 7 heteroatoms. The number of rotatable bonds is 4. The van der Waals surface area contributed by atoms with Crippen molar-refractivity contribution in [1.82, 2.24) is 9.55 Å². The number of fused-ring (bicyclic) bond motifs is 3. The van der Waals surface area contributed by atoms with Gasteiger partial charge in [-0.2, -0.15) is 0 Å². The van der Waals surface area contributed by atoms with Gasteiger partial charge in [-0.3, -0.25) is 14.9 Å². The van der Waals surface area contributed by atoms with Gasteiger partial charge in [0.1, 0.15) is 5.69 Å². The van der Waals surface area contributed by atoms with E-state index < -0.39 is 10.8 Å². The quantitative estimate of drug-likeness (QED) is 0.355. The van der Waals surface area contributed by atoms with Crippen molar-refractivity contribution in [2.45, 2.75) is 6.42 Å². The van der Waals surface area contributed by atoms with Gasteiger partial charge in [0.15, 0.2) is 0 Å². The van der Waals surface area contributed by atoms with Crippen LogP contribution in [0.3, 0.4) is 0 Å². The van der Waals surface area contributed by atoms with E-state index in [0.29, 0.717) is 11.4 Å². The Balaban J connectivity index is 1.42. The number of nitrogens with one attached hydrogen (secondary N) is 1. The normalized spacial score (nSPS) is 11.6. The Labute approximate surface area is 171 Å². The summed E-state index contributed by atoms with van der Waals surface area (Å²) in [5.74, 6) is -0.397.